The van der Waals surface area contributed by atoms with Crippen LogP contribution in [0.25, 0.3) is 16.7 Å². The zero-order chi connectivity index (χ0) is 15.9. The van der Waals surface area contributed by atoms with E-state index in [9.17, 15) is 9.59 Å². The van der Waals surface area contributed by atoms with Crippen molar-refractivity contribution in [2.24, 2.45) is 7.05 Å². The number of carbonyl (C=O) groups excluding carboxylic acids is 1. The lowest BCUT2D eigenvalue weighted by atomic mass is 10.2. The maximum absolute atomic E-state index is 12.6. The number of fused-ring (bicyclic) bond motifs is 2. The Kier molecular flexibility index (Phi) is 3.25. The molecule has 0 fully saturated rings. The first kappa shape index (κ1) is 14.0. The van der Waals surface area contributed by atoms with Crippen LogP contribution < -0.4 is 15.9 Å². The molecule has 0 aliphatic heterocycles. The fraction of sp³-hybridized carbons (Fsp3) is 0.200. The summed E-state index contributed by atoms with van der Waals surface area (Å²) in [6.45, 7) is 1.94. The molecule has 3 aromatic heterocycles. The second-order valence-corrected chi connectivity index (χ2v) is 4.81. The summed E-state index contributed by atoms with van der Waals surface area (Å²) in [7, 11) is 1.66. The first-order chi connectivity index (χ1) is 10.5. The fourth-order valence-corrected chi connectivity index (χ4v) is 2.36. The van der Waals surface area contributed by atoms with E-state index in [2.05, 4.69) is 4.98 Å². The summed E-state index contributed by atoms with van der Waals surface area (Å²) in [6, 6.07) is 6.71. The molecule has 3 heterocycles. The first-order valence-corrected chi connectivity index (χ1v) is 6.81. The minimum atomic E-state index is -0.560. The number of aromatic nitrogens is 3. The van der Waals surface area contributed by atoms with Crippen molar-refractivity contribution in [1.82, 2.24) is 9.38 Å². The van der Waals surface area contributed by atoms with E-state index < -0.39 is 5.97 Å². The van der Waals surface area contributed by atoms with E-state index in [-0.39, 0.29) is 23.5 Å². The zero-order valence-electron chi connectivity index (χ0n) is 12.2. The molecular formula is C15H15N4O3+. The van der Waals surface area contributed by atoms with Gasteiger partial charge in [-0.25, -0.2) is 9.36 Å². The van der Waals surface area contributed by atoms with Crippen molar-refractivity contribution < 1.29 is 14.1 Å². The van der Waals surface area contributed by atoms with Gasteiger partial charge in [-0.1, -0.05) is 11.1 Å². The van der Waals surface area contributed by atoms with Gasteiger partial charge in [-0.3, -0.25) is 9.20 Å². The van der Waals surface area contributed by atoms with Crippen LogP contribution in [0.15, 0.2) is 35.3 Å². The topological polar surface area (TPSA) is 90.6 Å². The molecule has 7 nitrogen and oxygen atoms in total. The third-order valence-electron chi connectivity index (χ3n) is 3.49. The van der Waals surface area contributed by atoms with Crippen molar-refractivity contribution in [3.05, 3.63) is 46.4 Å². The normalized spacial score (nSPS) is 11.0. The highest BCUT2D eigenvalue weighted by Gasteiger charge is 2.23. The van der Waals surface area contributed by atoms with Gasteiger partial charge in [0.15, 0.2) is 0 Å². The first-order valence-electron chi connectivity index (χ1n) is 6.81. The smallest absolute Gasteiger partial charge is 0.344 e. The zero-order valence-corrected chi connectivity index (χ0v) is 12.2. The average Bonchev–Trinajstić information content (AvgIpc) is 2.52. The molecule has 0 aliphatic rings. The molecule has 0 spiro atoms. The highest BCUT2D eigenvalue weighted by molar-refractivity contribution is 5.96. The van der Waals surface area contributed by atoms with Crippen LogP contribution in [-0.4, -0.2) is 22.0 Å². The molecule has 2 N–H and O–H groups in total. The second-order valence-electron chi connectivity index (χ2n) is 4.81. The molecule has 0 aliphatic carbocycles. The van der Waals surface area contributed by atoms with Crippen LogP contribution in [0.2, 0.25) is 0 Å². The van der Waals surface area contributed by atoms with Crippen molar-refractivity contribution in [3.63, 3.8) is 0 Å². The van der Waals surface area contributed by atoms with Gasteiger partial charge in [0.2, 0.25) is 11.5 Å². The highest BCUT2D eigenvalue weighted by atomic mass is 16.5. The molecule has 0 bridgehead atoms. The van der Waals surface area contributed by atoms with Crippen LogP contribution in [0.1, 0.15) is 17.3 Å². The number of nitrogens with two attached hydrogens (primary N) is 1. The van der Waals surface area contributed by atoms with E-state index in [1.165, 1.54) is 15.0 Å². The van der Waals surface area contributed by atoms with Gasteiger partial charge in [0.1, 0.15) is 10.9 Å². The summed E-state index contributed by atoms with van der Waals surface area (Å²) < 4.78 is 7.93. The van der Waals surface area contributed by atoms with Crippen molar-refractivity contribution >= 4 is 28.5 Å². The number of nitrogens with zero attached hydrogens (tertiary/aromatic N) is 3. The molecule has 0 saturated carbocycles. The van der Waals surface area contributed by atoms with Gasteiger partial charge < -0.3 is 10.5 Å². The summed E-state index contributed by atoms with van der Waals surface area (Å²) in [5, 5.41) is 0.309. The SMILES string of the molecule is CCOC(=O)c1cc2c(=O)n3ccccc3nc2[n+](C)c1N. The number of pyridine rings is 2. The number of anilines is 1. The number of hydrogen-bond donors (Lipinski definition) is 1. The van der Waals surface area contributed by atoms with Crippen LogP contribution in [0.5, 0.6) is 0 Å². The van der Waals surface area contributed by atoms with Crippen LogP contribution in [-0.2, 0) is 11.8 Å². The lowest BCUT2D eigenvalue weighted by molar-refractivity contribution is -0.632. The van der Waals surface area contributed by atoms with Gasteiger partial charge in [-0.15, -0.1) is 0 Å². The molecule has 0 aromatic carbocycles. The molecule has 3 aromatic rings. The van der Waals surface area contributed by atoms with Crippen molar-refractivity contribution in [2.75, 3.05) is 12.3 Å². The number of rotatable bonds is 2. The van der Waals surface area contributed by atoms with E-state index in [4.69, 9.17) is 10.5 Å². The Morgan fingerprint density at radius 3 is 2.95 bits per heavy atom. The molecular weight excluding hydrogens is 284 g/mol. The monoisotopic (exact) mass is 299 g/mol. The van der Waals surface area contributed by atoms with E-state index in [0.717, 1.165) is 0 Å². The van der Waals surface area contributed by atoms with Crippen LogP contribution in [0, 0.1) is 0 Å². The lowest BCUT2D eigenvalue weighted by Gasteiger charge is -2.08. The Morgan fingerprint density at radius 2 is 2.23 bits per heavy atom. The molecule has 0 saturated heterocycles. The van der Waals surface area contributed by atoms with Crippen molar-refractivity contribution in [3.8, 4) is 0 Å². The van der Waals surface area contributed by atoms with E-state index in [0.29, 0.717) is 16.7 Å². The third-order valence-corrected chi connectivity index (χ3v) is 3.49. The molecule has 22 heavy (non-hydrogen) atoms. The predicted octanol–water partition coefficient (Wildman–Crippen LogP) is 0.431. The Labute approximate surface area is 125 Å². The van der Waals surface area contributed by atoms with Crippen LogP contribution >= 0.6 is 0 Å². The summed E-state index contributed by atoms with van der Waals surface area (Å²) in [5.41, 5.74) is 6.82. The summed E-state index contributed by atoms with van der Waals surface area (Å²) >= 11 is 0. The Hall–Kier alpha value is -2.96. The van der Waals surface area contributed by atoms with Gasteiger partial charge in [-0.2, -0.15) is 0 Å². The molecule has 0 radical (unpaired) electrons. The minimum Gasteiger partial charge on any atom is -0.462 e. The maximum atomic E-state index is 12.6. The quantitative estimate of drug-likeness (QED) is 0.421. The van der Waals surface area contributed by atoms with E-state index in [1.807, 2.05) is 0 Å². The molecule has 7 heteroatoms. The fourth-order valence-electron chi connectivity index (χ4n) is 2.36. The number of hydrogen-bond acceptors (Lipinski definition) is 5. The summed E-state index contributed by atoms with van der Waals surface area (Å²) in [6.07, 6.45) is 1.63. The minimum absolute atomic E-state index is 0.159. The Morgan fingerprint density at radius 1 is 1.45 bits per heavy atom. The molecule has 0 amide bonds. The summed E-state index contributed by atoms with van der Waals surface area (Å²) in [4.78, 5) is 29.0. The lowest BCUT2D eigenvalue weighted by Crippen LogP contribution is -2.38. The van der Waals surface area contributed by atoms with Crippen LogP contribution in [0.4, 0.5) is 5.82 Å². The molecule has 3 rings (SSSR count). The molecule has 0 atom stereocenters. The summed E-state index contributed by atoms with van der Waals surface area (Å²) in [5.74, 6) is -0.354. The number of carbonyl (C=O) groups is 1. The van der Waals surface area contributed by atoms with E-state index >= 15 is 0 Å². The highest BCUT2D eigenvalue weighted by Crippen LogP contribution is 2.14. The van der Waals surface area contributed by atoms with Crippen molar-refractivity contribution in [1.29, 1.82) is 0 Å². The number of aryl methyl sites for hydroxylation is 1. The Bertz CT molecular complexity index is 962. The van der Waals surface area contributed by atoms with Gasteiger partial charge >= 0.3 is 5.97 Å². The van der Waals surface area contributed by atoms with Gasteiger partial charge in [-0.05, 0) is 25.1 Å². The number of nitrogen functional groups attached to an aromatic ring is 1. The maximum Gasteiger partial charge on any atom is 0.344 e. The van der Waals surface area contributed by atoms with Gasteiger partial charge in [0.05, 0.1) is 13.7 Å². The largest absolute Gasteiger partial charge is 0.462 e. The van der Waals surface area contributed by atoms with Crippen LogP contribution in [0.3, 0.4) is 0 Å². The molecule has 112 valence electrons. The van der Waals surface area contributed by atoms with Gasteiger partial charge in [0, 0.05) is 6.20 Å². The molecule has 0 unspecified atom stereocenters. The number of esters is 1. The van der Waals surface area contributed by atoms with Gasteiger partial charge in [0.25, 0.3) is 11.2 Å². The second kappa shape index (κ2) is 5.10. The average molecular weight is 299 g/mol. The number of ether oxygens (including phenoxy) is 1. The predicted molar refractivity (Wildman–Crippen MR) is 80.5 cm³/mol. The third kappa shape index (κ3) is 1.98. The van der Waals surface area contributed by atoms with E-state index in [1.54, 1.807) is 38.4 Å². The standard InChI is InChI=1S/C15H14N4O3/c1-3-22-15(21)9-8-10-13(18(2)12(9)16)17-11-6-4-5-7-19(11)14(10)20/h4-8,16H,3H2,1-2H3/p+1. The van der Waals surface area contributed by atoms with Crippen molar-refractivity contribution in [2.45, 2.75) is 6.92 Å². The Balaban J connectivity index is 2.43.